The van der Waals surface area contributed by atoms with Crippen LogP contribution < -0.4 is 11.1 Å². The summed E-state index contributed by atoms with van der Waals surface area (Å²) in [5, 5.41) is 4.29. The van der Waals surface area contributed by atoms with Crippen molar-refractivity contribution in [3.63, 3.8) is 0 Å². The number of nitrogens with one attached hydrogen (secondary N) is 1. The number of hydrogen-bond acceptors (Lipinski definition) is 3. The van der Waals surface area contributed by atoms with E-state index in [0.29, 0.717) is 22.9 Å². The second-order valence-electron chi connectivity index (χ2n) is 4.72. The third-order valence-corrected chi connectivity index (χ3v) is 3.22. The lowest BCUT2D eigenvalue weighted by atomic mass is 10.1. The van der Waals surface area contributed by atoms with E-state index in [1.54, 1.807) is 18.2 Å². The number of rotatable bonds is 4. The van der Waals surface area contributed by atoms with Gasteiger partial charge in [-0.3, -0.25) is 4.79 Å². The second-order valence-corrected chi connectivity index (χ2v) is 5.15. The lowest BCUT2D eigenvalue weighted by Crippen LogP contribution is -2.29. The van der Waals surface area contributed by atoms with Gasteiger partial charge in [0.25, 0.3) is 5.91 Å². The van der Waals surface area contributed by atoms with Gasteiger partial charge in [-0.2, -0.15) is 0 Å². The van der Waals surface area contributed by atoms with E-state index in [-0.39, 0.29) is 11.9 Å². The number of carbonyl (C=O) groups is 1. The van der Waals surface area contributed by atoms with Crippen molar-refractivity contribution in [2.75, 3.05) is 6.54 Å². The minimum Gasteiger partial charge on any atom is -0.451 e. The molecule has 102 valence electrons. The molecule has 0 spiro atoms. The minimum absolute atomic E-state index is 0.0656. The third kappa shape index (κ3) is 3.08. The summed E-state index contributed by atoms with van der Waals surface area (Å²) < 4.78 is 5.57. The highest BCUT2D eigenvalue weighted by Gasteiger charge is 2.17. The fourth-order valence-corrected chi connectivity index (χ4v) is 2.08. The molecule has 1 amide bonds. The van der Waals surface area contributed by atoms with Crippen molar-refractivity contribution in [3.05, 3.63) is 34.5 Å². The Hall–Kier alpha value is -1.52. The standard InChI is InChI=1S/C14H17ClN2O2/c1-8(16)5-6-17-14(18)13-9(2)11-7-10(15)3-4-12(11)19-13/h3-4,7-8H,5-6,16H2,1-2H3,(H,17,18). The molecule has 1 aromatic carbocycles. The Morgan fingerprint density at radius 1 is 1.53 bits per heavy atom. The SMILES string of the molecule is Cc1c(C(=O)NCCC(C)N)oc2ccc(Cl)cc12. The highest BCUT2D eigenvalue weighted by molar-refractivity contribution is 6.31. The Morgan fingerprint density at radius 3 is 2.95 bits per heavy atom. The molecule has 3 N–H and O–H groups in total. The maximum atomic E-state index is 12.0. The lowest BCUT2D eigenvalue weighted by molar-refractivity contribution is 0.0926. The molecule has 1 atom stereocenters. The van der Waals surface area contributed by atoms with Crippen LogP contribution in [0.5, 0.6) is 0 Å². The molecule has 2 aromatic rings. The Balaban J connectivity index is 2.20. The minimum atomic E-state index is -0.217. The average Bonchev–Trinajstić information content (AvgIpc) is 2.66. The molecule has 0 saturated carbocycles. The van der Waals surface area contributed by atoms with Gasteiger partial charge in [-0.25, -0.2) is 0 Å². The monoisotopic (exact) mass is 280 g/mol. The van der Waals surface area contributed by atoms with Gasteiger partial charge in [0, 0.05) is 28.6 Å². The maximum absolute atomic E-state index is 12.0. The van der Waals surface area contributed by atoms with Gasteiger partial charge in [0.15, 0.2) is 5.76 Å². The van der Waals surface area contributed by atoms with Crippen molar-refractivity contribution in [2.45, 2.75) is 26.3 Å². The van der Waals surface area contributed by atoms with Gasteiger partial charge in [-0.05, 0) is 38.5 Å². The Morgan fingerprint density at radius 2 is 2.26 bits per heavy atom. The summed E-state index contributed by atoms with van der Waals surface area (Å²) in [7, 11) is 0. The van der Waals surface area contributed by atoms with Crippen molar-refractivity contribution < 1.29 is 9.21 Å². The second kappa shape index (κ2) is 5.63. The molecule has 0 aliphatic rings. The molecule has 0 bridgehead atoms. The number of carbonyl (C=O) groups excluding carboxylic acids is 1. The van der Waals surface area contributed by atoms with Crippen LogP contribution >= 0.6 is 11.6 Å². The van der Waals surface area contributed by atoms with Crippen molar-refractivity contribution in [3.8, 4) is 0 Å². The summed E-state index contributed by atoms with van der Waals surface area (Å²) in [5.74, 6) is 0.118. The van der Waals surface area contributed by atoms with Crippen LogP contribution in [0.4, 0.5) is 0 Å². The van der Waals surface area contributed by atoms with Gasteiger partial charge in [0.1, 0.15) is 5.58 Å². The zero-order chi connectivity index (χ0) is 14.0. The Kier molecular flexibility index (Phi) is 4.12. The molecule has 5 heteroatoms. The molecular formula is C14H17ClN2O2. The number of halogens is 1. The summed E-state index contributed by atoms with van der Waals surface area (Å²) in [4.78, 5) is 12.0. The van der Waals surface area contributed by atoms with Crippen molar-refractivity contribution in [1.29, 1.82) is 0 Å². The predicted octanol–water partition coefficient (Wildman–Crippen LogP) is 2.86. The number of nitrogens with two attached hydrogens (primary N) is 1. The first kappa shape index (κ1) is 13.9. The van der Waals surface area contributed by atoms with Gasteiger partial charge >= 0.3 is 0 Å². The van der Waals surface area contributed by atoms with E-state index >= 15 is 0 Å². The number of aryl methyl sites for hydroxylation is 1. The molecule has 0 aliphatic heterocycles. The fourth-order valence-electron chi connectivity index (χ4n) is 1.90. The first-order valence-electron chi connectivity index (χ1n) is 6.21. The van der Waals surface area contributed by atoms with Crippen LogP contribution in [0.15, 0.2) is 22.6 Å². The van der Waals surface area contributed by atoms with Gasteiger partial charge < -0.3 is 15.5 Å². The fraction of sp³-hybridized carbons (Fsp3) is 0.357. The molecule has 0 fully saturated rings. The summed E-state index contributed by atoms with van der Waals surface area (Å²) in [6.45, 7) is 4.29. The van der Waals surface area contributed by atoms with E-state index in [1.807, 2.05) is 13.8 Å². The van der Waals surface area contributed by atoms with Crippen LogP contribution in [0.25, 0.3) is 11.0 Å². The van der Waals surface area contributed by atoms with Gasteiger partial charge in [-0.15, -0.1) is 0 Å². The molecule has 0 saturated heterocycles. The smallest absolute Gasteiger partial charge is 0.287 e. The van der Waals surface area contributed by atoms with Crippen LogP contribution in [-0.4, -0.2) is 18.5 Å². The first-order chi connectivity index (χ1) is 8.99. The number of furan rings is 1. The Bertz CT molecular complexity index is 605. The van der Waals surface area contributed by atoms with E-state index in [9.17, 15) is 4.79 Å². The van der Waals surface area contributed by atoms with E-state index in [1.165, 1.54) is 0 Å². The number of hydrogen-bond donors (Lipinski definition) is 2. The molecule has 1 heterocycles. The lowest BCUT2D eigenvalue weighted by Gasteiger charge is -2.06. The molecule has 0 radical (unpaired) electrons. The van der Waals surface area contributed by atoms with E-state index in [4.69, 9.17) is 21.8 Å². The van der Waals surface area contributed by atoms with Crippen molar-refractivity contribution in [1.82, 2.24) is 5.32 Å². The van der Waals surface area contributed by atoms with Crippen LogP contribution in [0, 0.1) is 6.92 Å². The van der Waals surface area contributed by atoms with Crippen LogP contribution in [0.2, 0.25) is 5.02 Å². The summed E-state index contributed by atoms with van der Waals surface area (Å²) in [6.07, 6.45) is 0.733. The van der Waals surface area contributed by atoms with Gasteiger partial charge in [0.2, 0.25) is 0 Å². The average molecular weight is 281 g/mol. The highest BCUT2D eigenvalue weighted by Crippen LogP contribution is 2.27. The van der Waals surface area contributed by atoms with Crippen molar-refractivity contribution in [2.24, 2.45) is 5.73 Å². The molecule has 2 rings (SSSR count). The van der Waals surface area contributed by atoms with Crippen LogP contribution in [-0.2, 0) is 0 Å². The topological polar surface area (TPSA) is 68.3 Å². The van der Waals surface area contributed by atoms with Gasteiger partial charge in [0.05, 0.1) is 0 Å². The molecule has 19 heavy (non-hydrogen) atoms. The molecule has 1 unspecified atom stereocenters. The van der Waals surface area contributed by atoms with Crippen LogP contribution in [0.1, 0.15) is 29.5 Å². The predicted molar refractivity (Wildman–Crippen MR) is 76.6 cm³/mol. The number of benzene rings is 1. The molecule has 0 aliphatic carbocycles. The molecule has 1 aromatic heterocycles. The zero-order valence-electron chi connectivity index (χ0n) is 11.0. The Labute approximate surface area is 116 Å². The number of fused-ring (bicyclic) bond motifs is 1. The maximum Gasteiger partial charge on any atom is 0.287 e. The van der Waals surface area contributed by atoms with Gasteiger partial charge in [-0.1, -0.05) is 11.6 Å². The summed E-state index contributed by atoms with van der Waals surface area (Å²) in [6, 6.07) is 5.37. The normalized spacial score (nSPS) is 12.6. The zero-order valence-corrected chi connectivity index (χ0v) is 11.8. The van der Waals surface area contributed by atoms with E-state index in [2.05, 4.69) is 5.32 Å². The van der Waals surface area contributed by atoms with Crippen molar-refractivity contribution >= 4 is 28.5 Å². The highest BCUT2D eigenvalue weighted by atomic mass is 35.5. The van der Waals surface area contributed by atoms with E-state index in [0.717, 1.165) is 17.4 Å². The summed E-state index contributed by atoms with van der Waals surface area (Å²) in [5.41, 5.74) is 7.10. The summed E-state index contributed by atoms with van der Waals surface area (Å²) >= 11 is 5.94. The largest absolute Gasteiger partial charge is 0.451 e. The molecular weight excluding hydrogens is 264 g/mol. The third-order valence-electron chi connectivity index (χ3n) is 2.99. The van der Waals surface area contributed by atoms with E-state index < -0.39 is 0 Å². The molecule has 4 nitrogen and oxygen atoms in total. The van der Waals surface area contributed by atoms with Crippen LogP contribution in [0.3, 0.4) is 0 Å². The first-order valence-corrected chi connectivity index (χ1v) is 6.59. The quantitative estimate of drug-likeness (QED) is 0.905. The number of amides is 1.